The lowest BCUT2D eigenvalue weighted by Crippen LogP contribution is -2.06. The molecule has 2 rings (SSSR count). The molecular formula is C10H12F3N5S. The molecule has 104 valence electrons. The largest absolute Gasteiger partial charge is 0.419 e. The van der Waals surface area contributed by atoms with E-state index in [1.807, 2.05) is 6.92 Å². The summed E-state index contributed by atoms with van der Waals surface area (Å²) < 4.78 is 42.3. The Morgan fingerprint density at radius 2 is 2.21 bits per heavy atom. The van der Waals surface area contributed by atoms with Crippen LogP contribution in [-0.2, 0) is 12.7 Å². The lowest BCUT2D eigenvalue weighted by atomic mass is 10.3. The van der Waals surface area contributed by atoms with Crippen LogP contribution in [0.1, 0.15) is 24.6 Å². The maximum absolute atomic E-state index is 12.4. The molecule has 0 aliphatic carbocycles. The molecule has 0 spiro atoms. The van der Waals surface area contributed by atoms with Gasteiger partial charge in [0, 0.05) is 24.3 Å². The number of halogens is 3. The Hall–Kier alpha value is -1.64. The van der Waals surface area contributed by atoms with E-state index in [0.717, 1.165) is 30.4 Å². The normalized spacial score (nSPS) is 11.8. The van der Waals surface area contributed by atoms with E-state index in [2.05, 4.69) is 20.0 Å². The minimum atomic E-state index is -4.37. The zero-order valence-electron chi connectivity index (χ0n) is 10.1. The maximum Gasteiger partial charge on any atom is 0.419 e. The summed E-state index contributed by atoms with van der Waals surface area (Å²) >= 11 is 1.19. The molecule has 0 unspecified atom stereocenters. The van der Waals surface area contributed by atoms with Crippen LogP contribution < -0.4 is 5.32 Å². The maximum atomic E-state index is 12.4. The second-order valence-electron chi connectivity index (χ2n) is 3.90. The molecule has 19 heavy (non-hydrogen) atoms. The van der Waals surface area contributed by atoms with Crippen LogP contribution in [-0.4, -0.2) is 25.9 Å². The molecule has 0 amide bonds. The number of alkyl halides is 3. The molecule has 5 nitrogen and oxygen atoms in total. The Labute approximate surface area is 111 Å². The van der Waals surface area contributed by atoms with Crippen LogP contribution in [0.15, 0.2) is 12.4 Å². The average molecular weight is 291 g/mol. The van der Waals surface area contributed by atoms with Crippen LogP contribution in [0, 0.1) is 0 Å². The molecule has 2 aromatic rings. The molecular weight excluding hydrogens is 279 g/mol. The van der Waals surface area contributed by atoms with E-state index in [1.165, 1.54) is 16.2 Å². The van der Waals surface area contributed by atoms with Gasteiger partial charge in [-0.2, -0.15) is 18.3 Å². The minimum absolute atomic E-state index is 0.165. The highest BCUT2D eigenvalue weighted by Gasteiger charge is 2.32. The van der Waals surface area contributed by atoms with Gasteiger partial charge in [-0.05, 0) is 6.42 Å². The average Bonchev–Trinajstić information content (AvgIpc) is 2.95. The third-order valence-corrected chi connectivity index (χ3v) is 3.09. The van der Waals surface area contributed by atoms with Crippen molar-refractivity contribution in [2.24, 2.45) is 0 Å². The van der Waals surface area contributed by atoms with Crippen molar-refractivity contribution in [2.75, 3.05) is 11.9 Å². The van der Waals surface area contributed by atoms with Crippen LogP contribution >= 0.6 is 11.5 Å². The second-order valence-corrected chi connectivity index (χ2v) is 4.65. The standard InChI is InChI=1S/C10H12F3N5S/c1-2-3-14-9-8(16-17-19-9)6-18-5-7(4-15-18)10(11,12)13/h4-5,14H,2-3,6H2,1H3. The van der Waals surface area contributed by atoms with E-state index in [9.17, 15) is 13.2 Å². The summed E-state index contributed by atoms with van der Waals surface area (Å²) in [5, 5.41) is 11.5. The van der Waals surface area contributed by atoms with Gasteiger partial charge >= 0.3 is 6.18 Å². The summed E-state index contributed by atoms with van der Waals surface area (Å²) in [6, 6.07) is 0. The molecule has 2 aromatic heterocycles. The number of hydrogen-bond acceptors (Lipinski definition) is 5. The van der Waals surface area contributed by atoms with E-state index in [1.54, 1.807) is 0 Å². The fourth-order valence-electron chi connectivity index (χ4n) is 1.43. The molecule has 2 heterocycles. The van der Waals surface area contributed by atoms with Crippen molar-refractivity contribution in [1.29, 1.82) is 0 Å². The van der Waals surface area contributed by atoms with Gasteiger partial charge in [0.15, 0.2) is 0 Å². The first-order chi connectivity index (χ1) is 9.00. The molecule has 9 heteroatoms. The van der Waals surface area contributed by atoms with Crippen molar-refractivity contribution < 1.29 is 13.2 Å². The first-order valence-electron chi connectivity index (χ1n) is 5.65. The van der Waals surface area contributed by atoms with Gasteiger partial charge in [0.2, 0.25) is 0 Å². The number of nitrogens with zero attached hydrogens (tertiary/aromatic N) is 4. The monoisotopic (exact) mass is 291 g/mol. The van der Waals surface area contributed by atoms with Crippen LogP contribution in [0.3, 0.4) is 0 Å². The Balaban J connectivity index is 2.09. The predicted molar refractivity (Wildman–Crippen MR) is 65.0 cm³/mol. The van der Waals surface area contributed by atoms with Crippen molar-refractivity contribution in [1.82, 2.24) is 19.4 Å². The lowest BCUT2D eigenvalue weighted by Gasteiger charge is -2.04. The molecule has 0 bridgehead atoms. The Kier molecular flexibility index (Phi) is 4.03. The van der Waals surface area contributed by atoms with E-state index in [4.69, 9.17) is 0 Å². The predicted octanol–water partition coefficient (Wildman–Crippen LogP) is 2.62. The van der Waals surface area contributed by atoms with Gasteiger partial charge in [-0.25, -0.2) is 0 Å². The van der Waals surface area contributed by atoms with Crippen molar-refractivity contribution in [3.8, 4) is 0 Å². The number of hydrogen-bond donors (Lipinski definition) is 1. The number of rotatable bonds is 5. The topological polar surface area (TPSA) is 55.6 Å². The summed E-state index contributed by atoms with van der Waals surface area (Å²) in [6.45, 7) is 2.95. The summed E-state index contributed by atoms with van der Waals surface area (Å²) in [4.78, 5) is 0. The molecule has 0 aliphatic rings. The van der Waals surface area contributed by atoms with Gasteiger partial charge in [0.05, 0.1) is 18.3 Å². The van der Waals surface area contributed by atoms with Crippen LogP contribution in [0.2, 0.25) is 0 Å². The second kappa shape index (κ2) is 5.55. The minimum Gasteiger partial charge on any atom is -0.374 e. The van der Waals surface area contributed by atoms with Gasteiger partial charge in [-0.1, -0.05) is 11.4 Å². The zero-order chi connectivity index (χ0) is 13.9. The van der Waals surface area contributed by atoms with Crippen LogP contribution in [0.25, 0.3) is 0 Å². The molecule has 0 atom stereocenters. The molecule has 0 saturated heterocycles. The molecule has 0 saturated carbocycles. The lowest BCUT2D eigenvalue weighted by molar-refractivity contribution is -0.137. The number of aromatic nitrogens is 4. The van der Waals surface area contributed by atoms with Crippen molar-refractivity contribution >= 4 is 16.5 Å². The van der Waals surface area contributed by atoms with Gasteiger partial charge in [0.25, 0.3) is 0 Å². The molecule has 0 aromatic carbocycles. The van der Waals surface area contributed by atoms with Crippen LogP contribution in [0.5, 0.6) is 0 Å². The summed E-state index contributed by atoms with van der Waals surface area (Å²) in [6.07, 6.45) is -1.67. The fraction of sp³-hybridized carbons (Fsp3) is 0.500. The Morgan fingerprint density at radius 3 is 2.84 bits per heavy atom. The number of nitrogens with one attached hydrogen (secondary N) is 1. The zero-order valence-corrected chi connectivity index (χ0v) is 10.9. The van der Waals surface area contributed by atoms with E-state index in [-0.39, 0.29) is 6.54 Å². The highest BCUT2D eigenvalue weighted by Crippen LogP contribution is 2.28. The van der Waals surface area contributed by atoms with Crippen molar-refractivity contribution in [3.63, 3.8) is 0 Å². The van der Waals surface area contributed by atoms with Gasteiger partial charge in [0.1, 0.15) is 10.7 Å². The SMILES string of the molecule is CCCNc1snnc1Cn1cc(C(F)(F)F)cn1. The first kappa shape index (κ1) is 13.8. The molecule has 1 N–H and O–H groups in total. The highest BCUT2D eigenvalue weighted by atomic mass is 32.1. The fourth-order valence-corrected chi connectivity index (χ4v) is 2.03. The third-order valence-electron chi connectivity index (χ3n) is 2.36. The van der Waals surface area contributed by atoms with Crippen LogP contribution in [0.4, 0.5) is 18.2 Å². The van der Waals surface area contributed by atoms with E-state index < -0.39 is 11.7 Å². The van der Waals surface area contributed by atoms with Crippen molar-refractivity contribution in [2.45, 2.75) is 26.1 Å². The smallest absolute Gasteiger partial charge is 0.374 e. The van der Waals surface area contributed by atoms with Gasteiger partial charge in [-0.3, -0.25) is 4.68 Å². The Morgan fingerprint density at radius 1 is 1.42 bits per heavy atom. The first-order valence-corrected chi connectivity index (χ1v) is 6.42. The van der Waals surface area contributed by atoms with Gasteiger partial charge in [-0.15, -0.1) is 5.10 Å². The summed E-state index contributed by atoms with van der Waals surface area (Å²) in [7, 11) is 0. The third kappa shape index (κ3) is 3.43. The van der Waals surface area contributed by atoms with E-state index >= 15 is 0 Å². The van der Waals surface area contributed by atoms with Gasteiger partial charge < -0.3 is 5.32 Å². The number of anilines is 1. The molecule has 0 aliphatic heterocycles. The molecule has 0 fully saturated rings. The molecule has 0 radical (unpaired) electrons. The Bertz CT molecular complexity index is 533. The van der Waals surface area contributed by atoms with Crippen molar-refractivity contribution in [3.05, 3.63) is 23.7 Å². The summed E-state index contributed by atoms with van der Waals surface area (Å²) in [5.41, 5.74) is -0.172. The van der Waals surface area contributed by atoms with E-state index in [0.29, 0.717) is 5.69 Å². The summed E-state index contributed by atoms with van der Waals surface area (Å²) in [5.74, 6) is 0. The highest BCUT2D eigenvalue weighted by molar-refractivity contribution is 7.10. The quantitative estimate of drug-likeness (QED) is 0.920.